The van der Waals surface area contributed by atoms with Crippen LogP contribution in [0.5, 0.6) is 5.75 Å². The van der Waals surface area contributed by atoms with Crippen LogP contribution in [0.1, 0.15) is 12.5 Å². The maximum absolute atomic E-state index is 11.9. The molecule has 0 spiro atoms. The monoisotopic (exact) mass is 256 g/mol. The highest BCUT2D eigenvalue weighted by Gasteiger charge is 2.16. The molecule has 0 saturated heterocycles. The molecule has 1 aromatic heterocycles. The Labute approximate surface area is 110 Å². The van der Waals surface area contributed by atoms with E-state index in [0.717, 1.165) is 0 Å². The van der Waals surface area contributed by atoms with Gasteiger partial charge in [-0.25, -0.2) is 0 Å². The number of nitrogens with zero attached hydrogens (tertiary/aromatic N) is 2. The number of carbonyl (C=O) groups is 1. The van der Waals surface area contributed by atoms with Crippen molar-refractivity contribution >= 4 is 11.6 Å². The summed E-state index contributed by atoms with van der Waals surface area (Å²) in [7, 11) is 0. The van der Waals surface area contributed by atoms with Gasteiger partial charge in [0, 0.05) is 6.20 Å². The van der Waals surface area contributed by atoms with Crippen LogP contribution >= 0.6 is 0 Å². The van der Waals surface area contributed by atoms with Gasteiger partial charge < -0.3 is 10.1 Å². The maximum Gasteiger partial charge on any atom is 0.265 e. The van der Waals surface area contributed by atoms with Crippen molar-refractivity contribution in [2.75, 3.05) is 5.32 Å². The van der Waals surface area contributed by atoms with E-state index < -0.39 is 6.10 Å². The zero-order valence-electron chi connectivity index (χ0n) is 10.3. The Morgan fingerprint density at radius 2 is 2.32 bits per heavy atom. The van der Waals surface area contributed by atoms with Crippen LogP contribution in [0.15, 0.2) is 36.7 Å². The molecule has 2 rings (SSSR count). The van der Waals surface area contributed by atoms with Gasteiger partial charge in [-0.2, -0.15) is 10.4 Å². The predicted molar refractivity (Wildman–Crippen MR) is 68.5 cm³/mol. The molecule has 2 aromatic rings. The molecule has 96 valence electrons. The second kappa shape index (κ2) is 5.69. The Balaban J connectivity index is 2.02. The number of aromatic amines is 1. The highest BCUT2D eigenvalue weighted by Crippen LogP contribution is 2.18. The van der Waals surface area contributed by atoms with E-state index in [2.05, 4.69) is 15.5 Å². The molecule has 1 aromatic carbocycles. The van der Waals surface area contributed by atoms with Crippen molar-refractivity contribution in [3.63, 3.8) is 0 Å². The van der Waals surface area contributed by atoms with E-state index in [0.29, 0.717) is 17.0 Å². The lowest BCUT2D eigenvalue weighted by atomic mass is 10.2. The topological polar surface area (TPSA) is 90.8 Å². The Hall–Kier alpha value is -2.81. The van der Waals surface area contributed by atoms with Gasteiger partial charge in [0.1, 0.15) is 11.8 Å². The standard InChI is InChI=1S/C13H12N4O2/c1-9(13(18)17-11-7-15-16-8-11)19-12-5-3-2-4-10(12)6-14/h2-5,7-9H,1H3,(H,15,16)(H,17,18)/t9-/m1/s1. The summed E-state index contributed by atoms with van der Waals surface area (Å²) in [5.41, 5.74) is 0.958. The zero-order valence-corrected chi connectivity index (χ0v) is 10.3. The minimum absolute atomic E-state index is 0.311. The first-order chi connectivity index (χ1) is 9.20. The minimum Gasteiger partial charge on any atom is -0.480 e. The first kappa shape index (κ1) is 12.6. The zero-order chi connectivity index (χ0) is 13.7. The third-order valence-electron chi connectivity index (χ3n) is 2.45. The van der Waals surface area contributed by atoms with E-state index in [1.54, 1.807) is 37.4 Å². The summed E-state index contributed by atoms with van der Waals surface area (Å²) in [6.45, 7) is 1.61. The van der Waals surface area contributed by atoms with Crippen molar-refractivity contribution in [3.8, 4) is 11.8 Å². The van der Waals surface area contributed by atoms with Gasteiger partial charge in [-0.15, -0.1) is 0 Å². The molecular weight excluding hydrogens is 244 g/mol. The van der Waals surface area contributed by atoms with E-state index in [1.807, 2.05) is 6.07 Å². The average molecular weight is 256 g/mol. The van der Waals surface area contributed by atoms with Crippen LogP contribution in [0.3, 0.4) is 0 Å². The molecule has 0 bridgehead atoms. The second-order valence-corrected chi connectivity index (χ2v) is 3.84. The number of para-hydroxylation sites is 1. The van der Waals surface area contributed by atoms with Crippen molar-refractivity contribution in [2.24, 2.45) is 0 Å². The molecule has 6 heteroatoms. The summed E-state index contributed by atoms with van der Waals surface area (Å²) in [5.74, 6) is 0.0778. The number of ether oxygens (including phenoxy) is 1. The molecule has 1 atom stereocenters. The van der Waals surface area contributed by atoms with Gasteiger partial charge in [-0.1, -0.05) is 12.1 Å². The van der Waals surface area contributed by atoms with Crippen LogP contribution < -0.4 is 10.1 Å². The summed E-state index contributed by atoms with van der Waals surface area (Å²) in [6.07, 6.45) is 2.34. The summed E-state index contributed by atoms with van der Waals surface area (Å²) in [6, 6.07) is 8.79. The molecule has 1 heterocycles. The quantitative estimate of drug-likeness (QED) is 0.870. The molecule has 0 aliphatic heterocycles. The molecule has 6 nitrogen and oxygen atoms in total. The number of hydrogen-bond donors (Lipinski definition) is 2. The molecular formula is C13H12N4O2. The lowest BCUT2D eigenvalue weighted by molar-refractivity contribution is -0.122. The molecule has 19 heavy (non-hydrogen) atoms. The number of H-pyrrole nitrogens is 1. The lowest BCUT2D eigenvalue weighted by Gasteiger charge is -2.14. The number of nitrogens with one attached hydrogen (secondary N) is 2. The highest BCUT2D eigenvalue weighted by atomic mass is 16.5. The molecule has 0 aliphatic carbocycles. The van der Waals surface area contributed by atoms with E-state index in [4.69, 9.17) is 10.00 Å². The van der Waals surface area contributed by atoms with E-state index in [1.165, 1.54) is 6.20 Å². The van der Waals surface area contributed by atoms with E-state index >= 15 is 0 Å². The van der Waals surface area contributed by atoms with Crippen molar-refractivity contribution in [3.05, 3.63) is 42.2 Å². The number of anilines is 1. The number of rotatable bonds is 4. The number of carbonyl (C=O) groups excluding carboxylic acids is 1. The van der Waals surface area contributed by atoms with Gasteiger partial charge in [-0.3, -0.25) is 9.89 Å². The Bertz CT molecular complexity index is 601. The largest absolute Gasteiger partial charge is 0.480 e. The third kappa shape index (κ3) is 3.10. The van der Waals surface area contributed by atoms with Crippen LogP contribution in [0.4, 0.5) is 5.69 Å². The first-order valence-corrected chi connectivity index (χ1v) is 5.66. The van der Waals surface area contributed by atoms with Crippen LogP contribution in [0.25, 0.3) is 0 Å². The van der Waals surface area contributed by atoms with Gasteiger partial charge >= 0.3 is 0 Å². The lowest BCUT2D eigenvalue weighted by Crippen LogP contribution is -2.30. The van der Waals surface area contributed by atoms with Gasteiger partial charge in [0.25, 0.3) is 5.91 Å². The summed E-state index contributed by atoms with van der Waals surface area (Å²) in [5, 5.41) is 17.9. The molecule has 0 fully saturated rings. The van der Waals surface area contributed by atoms with Gasteiger partial charge in [0.2, 0.25) is 0 Å². The van der Waals surface area contributed by atoms with Gasteiger partial charge in [-0.05, 0) is 19.1 Å². The number of nitriles is 1. The average Bonchev–Trinajstić information content (AvgIpc) is 2.92. The van der Waals surface area contributed by atoms with Crippen LogP contribution in [0.2, 0.25) is 0 Å². The molecule has 0 saturated carbocycles. The highest BCUT2D eigenvalue weighted by molar-refractivity contribution is 5.93. The van der Waals surface area contributed by atoms with Crippen molar-refractivity contribution in [1.82, 2.24) is 10.2 Å². The SMILES string of the molecule is C[C@@H](Oc1ccccc1C#N)C(=O)Nc1cn[nH]c1. The Morgan fingerprint density at radius 1 is 1.53 bits per heavy atom. The maximum atomic E-state index is 11.9. The number of amides is 1. The second-order valence-electron chi connectivity index (χ2n) is 3.84. The smallest absolute Gasteiger partial charge is 0.265 e. The molecule has 2 N–H and O–H groups in total. The van der Waals surface area contributed by atoms with E-state index in [9.17, 15) is 4.79 Å². The summed E-state index contributed by atoms with van der Waals surface area (Å²) in [4.78, 5) is 11.9. The van der Waals surface area contributed by atoms with Gasteiger partial charge in [0.05, 0.1) is 17.4 Å². The predicted octanol–water partition coefficient (Wildman–Crippen LogP) is 1.69. The Kier molecular flexibility index (Phi) is 3.78. The van der Waals surface area contributed by atoms with Crippen LogP contribution in [-0.2, 0) is 4.79 Å². The van der Waals surface area contributed by atoms with Crippen molar-refractivity contribution < 1.29 is 9.53 Å². The number of aromatic nitrogens is 2. The van der Waals surface area contributed by atoms with Crippen LogP contribution in [-0.4, -0.2) is 22.2 Å². The number of benzene rings is 1. The first-order valence-electron chi connectivity index (χ1n) is 5.66. The fraction of sp³-hybridized carbons (Fsp3) is 0.154. The van der Waals surface area contributed by atoms with Crippen molar-refractivity contribution in [2.45, 2.75) is 13.0 Å². The van der Waals surface area contributed by atoms with Gasteiger partial charge in [0.15, 0.2) is 6.10 Å². The molecule has 0 radical (unpaired) electrons. The summed E-state index contributed by atoms with van der Waals surface area (Å²) < 4.78 is 5.48. The fourth-order valence-electron chi connectivity index (χ4n) is 1.47. The third-order valence-corrected chi connectivity index (χ3v) is 2.45. The Morgan fingerprint density at radius 3 is 3.00 bits per heavy atom. The minimum atomic E-state index is -0.718. The van der Waals surface area contributed by atoms with Crippen LogP contribution in [0, 0.1) is 11.3 Å². The molecule has 0 aliphatic rings. The fourth-order valence-corrected chi connectivity index (χ4v) is 1.47. The van der Waals surface area contributed by atoms with Crippen molar-refractivity contribution in [1.29, 1.82) is 5.26 Å². The molecule has 1 amide bonds. The van der Waals surface area contributed by atoms with E-state index in [-0.39, 0.29) is 5.91 Å². The summed E-state index contributed by atoms with van der Waals surface area (Å²) >= 11 is 0. The molecule has 0 unspecified atom stereocenters. The normalized spacial score (nSPS) is 11.4. The number of hydrogen-bond acceptors (Lipinski definition) is 4.